The molecule has 9 heteroatoms. The van der Waals surface area contributed by atoms with Crippen LogP contribution in [0.2, 0.25) is 0 Å². The third kappa shape index (κ3) is 7.41. The zero-order valence-corrected chi connectivity index (χ0v) is 7.25. The Morgan fingerprint density at radius 1 is 1.07 bits per heavy atom. The predicted molar refractivity (Wildman–Crippen MR) is 43.9 cm³/mol. The van der Waals surface area contributed by atoms with Crippen molar-refractivity contribution in [3.05, 3.63) is 0 Å². The maximum absolute atomic E-state index is 11.9. The monoisotopic (exact) mass is 212 g/mol. The highest BCUT2D eigenvalue weighted by molar-refractivity contribution is 6.58. The molecule has 0 aliphatic heterocycles. The van der Waals surface area contributed by atoms with Gasteiger partial charge in [-0.1, -0.05) is 0 Å². The first kappa shape index (κ1) is 12.8. The van der Waals surface area contributed by atoms with E-state index in [9.17, 15) is 22.5 Å². The molecule has 14 heavy (non-hydrogen) atoms. The third-order valence-corrected chi connectivity index (χ3v) is 1.22. The molecule has 0 rings (SSSR count). The Labute approximate surface area is 78.3 Å². The number of hydrogen-bond acceptors (Lipinski definition) is 3. The summed E-state index contributed by atoms with van der Waals surface area (Å²) < 4.78 is 35.8. The van der Waals surface area contributed by atoms with E-state index < -0.39 is 38.3 Å². The van der Waals surface area contributed by atoms with Crippen LogP contribution in [0.25, 0.3) is 0 Å². The van der Waals surface area contributed by atoms with Gasteiger partial charge >= 0.3 is 6.98 Å². The van der Waals surface area contributed by atoms with Crippen LogP contribution in [0.4, 0.5) is 12.9 Å². The van der Waals surface area contributed by atoms with Crippen molar-refractivity contribution in [1.29, 1.82) is 0 Å². The quantitative estimate of drug-likeness (QED) is 0.533. The van der Waals surface area contributed by atoms with Crippen LogP contribution in [-0.4, -0.2) is 43.2 Å². The molecule has 0 heterocycles. The maximum Gasteiger partial charge on any atom is 0.492 e. The van der Waals surface area contributed by atoms with Crippen molar-refractivity contribution in [2.45, 2.75) is 0 Å². The van der Waals surface area contributed by atoms with Crippen molar-refractivity contribution in [3.8, 4) is 0 Å². The molecular weight excluding hydrogens is 202 g/mol. The maximum atomic E-state index is 11.9. The number of rotatable bonds is 6. The second-order valence-corrected chi connectivity index (χ2v) is 2.81. The van der Waals surface area contributed by atoms with Crippen LogP contribution in [0.1, 0.15) is 0 Å². The summed E-state index contributed by atoms with van der Waals surface area (Å²) in [4.78, 5) is 21.3. The Balaban J connectivity index is 4.24. The number of halogens is 3. The number of nitrogens with two attached hydrogens (primary N) is 2. The van der Waals surface area contributed by atoms with Crippen LogP contribution in [0.15, 0.2) is 0 Å². The van der Waals surface area contributed by atoms with E-state index >= 15 is 0 Å². The predicted octanol–water partition coefficient (Wildman–Crippen LogP) is -1.35. The fourth-order valence-electron chi connectivity index (χ4n) is 0.919. The lowest BCUT2D eigenvalue weighted by Gasteiger charge is -2.25. The van der Waals surface area contributed by atoms with Crippen LogP contribution in [0.3, 0.4) is 0 Å². The second-order valence-electron chi connectivity index (χ2n) is 2.81. The molecule has 0 fully saturated rings. The van der Waals surface area contributed by atoms with Gasteiger partial charge in [0.25, 0.3) is 0 Å². The molecule has 0 unspecified atom stereocenters. The van der Waals surface area contributed by atoms with E-state index in [1.807, 2.05) is 0 Å². The minimum absolute atomic E-state index is 0.560. The van der Waals surface area contributed by atoms with Crippen molar-refractivity contribution in [3.63, 3.8) is 0 Å². The van der Waals surface area contributed by atoms with Gasteiger partial charge in [-0.3, -0.25) is 9.59 Å². The lowest BCUT2D eigenvalue weighted by Crippen LogP contribution is -2.46. The molecule has 0 bridgehead atoms. The van der Waals surface area contributed by atoms with E-state index in [0.717, 1.165) is 0 Å². The van der Waals surface area contributed by atoms with Gasteiger partial charge < -0.3 is 29.3 Å². The van der Waals surface area contributed by atoms with Crippen molar-refractivity contribution < 1.29 is 22.5 Å². The van der Waals surface area contributed by atoms with Gasteiger partial charge in [0.1, 0.15) is 0 Å². The van der Waals surface area contributed by atoms with Crippen molar-refractivity contribution in [2.24, 2.45) is 11.5 Å². The van der Waals surface area contributed by atoms with Gasteiger partial charge in [-0.15, -0.1) is 0 Å². The smallest absolute Gasteiger partial charge is 0.448 e. The summed E-state index contributed by atoms with van der Waals surface area (Å²) in [7, 11) is 0. The zero-order chi connectivity index (χ0) is 11.4. The molecule has 4 N–H and O–H groups in total. The molecule has 0 spiro atoms. The molecule has 0 aromatic rings. The van der Waals surface area contributed by atoms with Gasteiger partial charge in [-0.05, 0) is 6.44 Å². The Morgan fingerprint density at radius 3 is 1.64 bits per heavy atom. The van der Waals surface area contributed by atoms with Crippen LogP contribution in [0.5, 0.6) is 0 Å². The lowest BCUT2D eigenvalue weighted by atomic mass is 9.91. The highest BCUT2D eigenvalue weighted by Crippen LogP contribution is 2.09. The first-order valence-corrected chi connectivity index (χ1v) is 3.70. The molecule has 82 valence electrons. The molecule has 5 nitrogen and oxygen atoms in total. The van der Waals surface area contributed by atoms with E-state index in [1.54, 1.807) is 0 Å². The number of amides is 2. The number of primary amides is 2. The number of hydrogen-bond donors (Lipinski definition) is 2. The van der Waals surface area contributed by atoms with E-state index in [2.05, 4.69) is 0 Å². The van der Waals surface area contributed by atoms with Gasteiger partial charge in [0.2, 0.25) is 11.8 Å². The van der Waals surface area contributed by atoms with E-state index in [4.69, 9.17) is 11.5 Å². The molecule has 0 aromatic heterocycles. The van der Waals surface area contributed by atoms with Crippen molar-refractivity contribution in [1.82, 2.24) is 4.90 Å². The summed E-state index contributed by atoms with van der Waals surface area (Å²) in [6.45, 7) is -6.37. The molecule has 0 saturated carbocycles. The number of carbonyl (C=O) groups is 2. The molecule has 0 atom stereocenters. The standard InChI is InChI=1S/C5H10BF3N3O2/c7-6(8,9)3-12(1-4(10)13)2-5(11)14/h1-3H2,(H2,10,13)(H2,11,14)/q-1. The summed E-state index contributed by atoms with van der Waals surface area (Å²) in [6.07, 6.45) is -1.33. The van der Waals surface area contributed by atoms with E-state index in [0.29, 0.717) is 4.90 Å². The molecule has 0 radical (unpaired) electrons. The fourth-order valence-corrected chi connectivity index (χ4v) is 0.919. The van der Waals surface area contributed by atoms with Crippen LogP contribution >= 0.6 is 0 Å². The molecule has 0 aromatic carbocycles. The average molecular weight is 212 g/mol. The molecule has 0 aliphatic rings. The Bertz CT molecular complexity index is 217. The van der Waals surface area contributed by atoms with Crippen LogP contribution < -0.4 is 11.5 Å². The molecular formula is C5H10BF3N3O2-. The first-order valence-electron chi connectivity index (χ1n) is 3.70. The average Bonchev–Trinajstić information content (AvgIpc) is 1.77. The molecule has 2 amide bonds. The number of nitrogens with zero attached hydrogens (tertiary/aromatic N) is 1. The Kier molecular flexibility index (Phi) is 4.41. The van der Waals surface area contributed by atoms with Crippen LogP contribution in [-0.2, 0) is 9.59 Å². The highest BCUT2D eigenvalue weighted by Gasteiger charge is 2.27. The van der Waals surface area contributed by atoms with Gasteiger partial charge in [0.05, 0.1) is 13.1 Å². The summed E-state index contributed by atoms with van der Waals surface area (Å²) in [5.41, 5.74) is 9.39. The molecule has 0 aliphatic carbocycles. The largest absolute Gasteiger partial charge is 0.492 e. The van der Waals surface area contributed by atoms with Crippen molar-refractivity contribution in [2.75, 3.05) is 19.5 Å². The summed E-state index contributed by atoms with van der Waals surface area (Å²) in [5.74, 6) is -1.88. The summed E-state index contributed by atoms with van der Waals surface area (Å²) in [6, 6.07) is 0. The zero-order valence-electron chi connectivity index (χ0n) is 7.25. The van der Waals surface area contributed by atoms with Gasteiger partial charge in [-0.25, -0.2) is 0 Å². The first-order chi connectivity index (χ1) is 6.20. The molecule has 0 saturated heterocycles. The summed E-state index contributed by atoms with van der Waals surface area (Å²) in [5, 5.41) is 0. The fraction of sp³-hybridized carbons (Fsp3) is 0.600. The topological polar surface area (TPSA) is 89.4 Å². The minimum Gasteiger partial charge on any atom is -0.448 e. The van der Waals surface area contributed by atoms with Crippen LogP contribution in [0, 0.1) is 0 Å². The van der Waals surface area contributed by atoms with Crippen molar-refractivity contribution >= 4 is 18.8 Å². The third-order valence-electron chi connectivity index (χ3n) is 1.22. The summed E-state index contributed by atoms with van der Waals surface area (Å²) >= 11 is 0. The Morgan fingerprint density at radius 2 is 1.43 bits per heavy atom. The SMILES string of the molecule is NC(=O)CN(CC(N)=O)C[B-](F)(F)F. The number of carbonyl (C=O) groups excluding carboxylic acids is 2. The second kappa shape index (κ2) is 4.84. The van der Waals surface area contributed by atoms with Gasteiger partial charge in [-0.2, -0.15) is 0 Å². The van der Waals surface area contributed by atoms with Gasteiger partial charge in [0.15, 0.2) is 0 Å². The Hall–Kier alpha value is -1.25. The lowest BCUT2D eigenvalue weighted by molar-refractivity contribution is -0.121. The van der Waals surface area contributed by atoms with E-state index in [1.165, 1.54) is 0 Å². The minimum atomic E-state index is -5.10. The normalized spacial score (nSPS) is 11.7. The van der Waals surface area contributed by atoms with E-state index in [-0.39, 0.29) is 0 Å². The highest BCUT2D eigenvalue weighted by atomic mass is 19.4. The van der Waals surface area contributed by atoms with Gasteiger partial charge in [0, 0.05) is 0 Å².